The molecule has 0 nitrogen and oxygen atoms in total. The van der Waals surface area contributed by atoms with E-state index in [0.29, 0.717) is 11.1 Å². The zero-order valence-electron chi connectivity index (χ0n) is 12.5. The van der Waals surface area contributed by atoms with Crippen LogP contribution >= 0.6 is 0 Å². The van der Waals surface area contributed by atoms with Crippen molar-refractivity contribution in [3.8, 4) is 0 Å². The average molecular weight is 288 g/mol. The Morgan fingerprint density at radius 3 is 0.696 bits per heavy atom. The van der Waals surface area contributed by atoms with E-state index in [-0.39, 0.29) is 62.1 Å². The first-order valence-corrected chi connectivity index (χ1v) is 6.59. The highest BCUT2D eigenvalue weighted by molar-refractivity contribution is 5.62. The highest BCUT2D eigenvalue weighted by Gasteiger charge is 2.18. The molecule has 2 aromatic rings. The van der Waals surface area contributed by atoms with Gasteiger partial charge in [0.25, 0.3) is 0 Å². The highest BCUT2D eigenvalue weighted by atomic mass is 14.2. The minimum atomic E-state index is 0.124. The molecule has 2 rings (SSSR count). The van der Waals surface area contributed by atoms with E-state index < -0.39 is 0 Å². The first-order valence-electron chi connectivity index (χ1n) is 6.59. The molecule has 2 aromatic carbocycles. The second-order valence-corrected chi connectivity index (χ2v) is 5.27. The molecule has 0 aliphatic carbocycles. The lowest BCUT2D eigenvalue weighted by Gasteiger charge is -2.22. The van der Waals surface area contributed by atoms with Gasteiger partial charge in [-0.2, -0.15) is 0 Å². The van der Waals surface area contributed by atoms with Crippen molar-refractivity contribution in [2.24, 2.45) is 0 Å². The topological polar surface area (TPSA) is 0 Å². The van der Waals surface area contributed by atoms with Crippen LogP contribution in [0.3, 0.4) is 0 Å². The van der Waals surface area contributed by atoms with Crippen LogP contribution in [0.25, 0.3) is 0 Å². The van der Waals surface area contributed by atoms with Crippen LogP contribution in [0.5, 0.6) is 0 Å². The van der Waals surface area contributed by atoms with E-state index in [4.69, 9.17) is 69.2 Å². The third-order valence-corrected chi connectivity index (χ3v) is 3.98. The summed E-state index contributed by atoms with van der Waals surface area (Å²) < 4.78 is 0. The zero-order chi connectivity index (χ0) is 17.6. The van der Waals surface area contributed by atoms with Crippen LogP contribution in [0.4, 0.5) is 0 Å². The molecule has 0 atom stereocenters. The van der Waals surface area contributed by atoms with Crippen molar-refractivity contribution >= 4 is 0 Å². The molecule has 104 valence electrons. The van der Waals surface area contributed by atoms with E-state index in [0.717, 1.165) is 0 Å². The van der Waals surface area contributed by atoms with Crippen molar-refractivity contribution in [3.63, 3.8) is 0 Å². The molecule has 0 heteroatoms. The third kappa shape index (κ3) is 2.73. The van der Waals surface area contributed by atoms with Crippen molar-refractivity contribution in [3.05, 3.63) is 136 Å². The van der Waals surface area contributed by atoms with Gasteiger partial charge in [-0.15, -0.1) is 0 Å². The van der Waals surface area contributed by atoms with Crippen LogP contribution in [-0.2, 0) is 6.42 Å². The summed E-state index contributed by atoms with van der Waals surface area (Å²) in [6, 6.07) is 0. The molecule has 0 N–H and O–H groups in total. The lowest BCUT2D eigenvalue weighted by molar-refractivity contribution is 1.11. The van der Waals surface area contributed by atoms with Gasteiger partial charge in [0.15, 0.2) is 0 Å². The van der Waals surface area contributed by atoms with Gasteiger partial charge in [-0.05, 0) is 142 Å². The maximum atomic E-state index is 6.00. The van der Waals surface area contributed by atoms with E-state index in [1.54, 1.807) is 0 Å². The summed E-state index contributed by atoms with van der Waals surface area (Å²) in [6.07, 6.45) is 0.124. The molecule has 0 unspecified atom stereocenters. The predicted octanol–water partition coefficient (Wildman–Crippen LogP) is 3.87. The molecule has 0 fully saturated rings. The van der Waals surface area contributed by atoms with E-state index >= 15 is 0 Å². The fourth-order valence-corrected chi connectivity index (χ4v) is 2.37. The molecule has 0 bridgehead atoms. The van der Waals surface area contributed by atoms with Gasteiger partial charge in [0.1, 0.15) is 0 Å². The van der Waals surface area contributed by atoms with Gasteiger partial charge in [0.2, 0.25) is 0 Å². The van der Waals surface area contributed by atoms with Gasteiger partial charge in [0.05, 0.1) is 0 Å². The predicted molar refractivity (Wildman–Crippen MR) is 89.7 cm³/mol. The molecular weight excluding hydrogens is 276 g/mol. The minimum absolute atomic E-state index is 0.124. The van der Waals surface area contributed by atoms with Gasteiger partial charge in [0, 0.05) is 0 Å². The lowest BCUT2D eigenvalue weighted by atomic mass is 9.82. The first kappa shape index (κ1) is 17.8. The second kappa shape index (κ2) is 6.15. The van der Waals surface area contributed by atoms with Crippen LogP contribution in [0.1, 0.15) is 66.8 Å². The molecule has 0 saturated heterocycles. The Labute approximate surface area is 143 Å². The second-order valence-electron chi connectivity index (χ2n) is 5.27. The van der Waals surface area contributed by atoms with E-state index in [9.17, 15) is 0 Å². The fraction of sp³-hybridized carbons (Fsp3) is 0.0435. The van der Waals surface area contributed by atoms with E-state index in [1.807, 2.05) is 0 Å². The Bertz CT molecular complexity index is 663. The quantitative estimate of drug-likeness (QED) is 0.787. The van der Waals surface area contributed by atoms with E-state index in [2.05, 4.69) is 0 Å². The van der Waals surface area contributed by atoms with Crippen molar-refractivity contribution in [2.75, 3.05) is 0 Å². The molecule has 23 heavy (non-hydrogen) atoms. The molecule has 0 aromatic heterocycles. The Kier molecular flexibility index (Phi) is 4.76. The summed E-state index contributed by atoms with van der Waals surface area (Å²) in [5, 5.41) is 0. The van der Waals surface area contributed by atoms with Gasteiger partial charge in [-0.3, -0.25) is 0 Å². The number of rotatable bonds is 2. The molecular formula is C23H12. The van der Waals surface area contributed by atoms with Crippen LogP contribution in [0.15, 0.2) is 0 Å². The fourth-order valence-electron chi connectivity index (χ4n) is 2.37. The van der Waals surface area contributed by atoms with Crippen LogP contribution in [0, 0.1) is 69.2 Å². The molecule has 0 aliphatic rings. The van der Waals surface area contributed by atoms with Crippen molar-refractivity contribution < 1.29 is 0 Å². The van der Waals surface area contributed by atoms with Crippen molar-refractivity contribution in [1.82, 2.24) is 0 Å². The monoisotopic (exact) mass is 288 g/mol. The first-order chi connectivity index (χ1) is 10.6. The Morgan fingerprint density at radius 2 is 0.478 bits per heavy atom. The summed E-state index contributed by atoms with van der Waals surface area (Å²) in [4.78, 5) is 0. The summed E-state index contributed by atoms with van der Waals surface area (Å²) in [6.45, 7) is 58.9. The summed E-state index contributed by atoms with van der Waals surface area (Å²) in [7, 11) is 0. The number of hydrogen-bond acceptors (Lipinski definition) is 0. The highest BCUT2D eigenvalue weighted by Crippen LogP contribution is 2.32. The normalized spacial score (nSPS) is 11.2. The van der Waals surface area contributed by atoms with Crippen LogP contribution in [-0.4, -0.2) is 0 Å². The minimum Gasteiger partial charge on any atom is -0.0360 e. The van der Waals surface area contributed by atoms with Crippen molar-refractivity contribution in [1.29, 1.82) is 0 Å². The molecule has 0 amide bonds. The molecule has 20 radical (unpaired) electrons. The molecule has 0 heterocycles. The maximum Gasteiger partial charge on any atom is -0.000572 e. The largest absolute Gasteiger partial charge is 0.0360 e. The lowest BCUT2D eigenvalue weighted by Crippen LogP contribution is -2.08. The van der Waals surface area contributed by atoms with Crippen LogP contribution < -0.4 is 0 Å². The zero-order valence-corrected chi connectivity index (χ0v) is 12.5. The Balaban J connectivity index is 2.71. The van der Waals surface area contributed by atoms with Crippen molar-refractivity contribution in [2.45, 2.75) is 6.42 Å². The number of benzene rings is 2. The average Bonchev–Trinajstić information content (AvgIpc) is 2.54. The summed E-state index contributed by atoms with van der Waals surface area (Å²) >= 11 is 0. The Hall–Kier alpha value is -1.56. The van der Waals surface area contributed by atoms with Gasteiger partial charge in [-0.1, -0.05) is 0 Å². The smallest absolute Gasteiger partial charge is 0.000572 e. The molecule has 0 saturated carbocycles. The SMILES string of the molecule is [CH]c1c([CH])c([CH])c(Cc2c([CH])c([CH])c([CH])c([CH])c2[CH])c([CH])c1[CH]. The number of hydrogen-bond donors (Lipinski definition) is 0. The third-order valence-electron chi connectivity index (χ3n) is 3.98. The van der Waals surface area contributed by atoms with Gasteiger partial charge < -0.3 is 0 Å². The van der Waals surface area contributed by atoms with Crippen LogP contribution in [0.2, 0.25) is 0 Å². The van der Waals surface area contributed by atoms with E-state index in [1.165, 1.54) is 0 Å². The Morgan fingerprint density at radius 1 is 0.304 bits per heavy atom. The summed E-state index contributed by atoms with van der Waals surface area (Å²) in [5.41, 5.74) is 2.48. The van der Waals surface area contributed by atoms with Gasteiger partial charge >= 0.3 is 0 Å². The van der Waals surface area contributed by atoms with Gasteiger partial charge in [-0.25, -0.2) is 0 Å². The standard InChI is InChI=1S/C23H12/c1-12-14(3)18(7)22(19(8)15(12)4)11-23-20(9)16(5)13(2)17(6)21(23)10/h1-10H,11H2. The molecule has 0 spiro atoms. The molecule has 0 aliphatic heterocycles. The maximum absolute atomic E-state index is 6.00. The summed E-state index contributed by atoms with van der Waals surface area (Å²) in [5.74, 6) is 0.